The number of hydrogen-bond donors (Lipinski definition) is 2. The molecule has 0 radical (unpaired) electrons. The first-order chi connectivity index (χ1) is 8.65. The van der Waals surface area contributed by atoms with E-state index < -0.39 is 4.92 Å². The number of aromatic nitrogens is 1. The van der Waals surface area contributed by atoms with Crippen molar-refractivity contribution in [1.29, 1.82) is 0 Å². The zero-order valence-electron chi connectivity index (χ0n) is 9.72. The lowest BCUT2D eigenvalue weighted by molar-refractivity contribution is -0.380. The smallest absolute Gasteiger partial charge is 0.345 e. The molecule has 2 N–H and O–H groups in total. The first-order valence-electron chi connectivity index (χ1n) is 5.83. The van der Waals surface area contributed by atoms with E-state index in [0.29, 0.717) is 16.3 Å². The van der Waals surface area contributed by atoms with Crippen molar-refractivity contribution < 1.29 is 4.92 Å². The van der Waals surface area contributed by atoms with Crippen LogP contribution < -0.4 is 10.6 Å². The number of thiazole rings is 1. The third-order valence-electron chi connectivity index (χ3n) is 2.83. The Morgan fingerprint density at radius 2 is 2.22 bits per heavy atom. The predicted octanol–water partition coefficient (Wildman–Crippen LogP) is 2.67. The fourth-order valence-electron chi connectivity index (χ4n) is 1.97. The van der Waals surface area contributed by atoms with Crippen LogP contribution in [-0.2, 0) is 0 Å². The van der Waals surface area contributed by atoms with Gasteiger partial charge in [-0.05, 0) is 36.4 Å². The highest BCUT2D eigenvalue weighted by molar-refractivity contribution is 7.80. The minimum atomic E-state index is -0.458. The van der Waals surface area contributed by atoms with Crippen LogP contribution in [0.2, 0.25) is 0 Å². The van der Waals surface area contributed by atoms with Crippen molar-refractivity contribution in [3.63, 3.8) is 0 Å². The van der Waals surface area contributed by atoms with E-state index in [1.165, 1.54) is 25.5 Å². The van der Waals surface area contributed by atoms with Crippen LogP contribution in [-0.4, -0.2) is 21.1 Å². The van der Waals surface area contributed by atoms with Crippen LogP contribution in [0, 0.1) is 10.1 Å². The van der Waals surface area contributed by atoms with Gasteiger partial charge in [-0.3, -0.25) is 10.1 Å². The Kier molecular flexibility index (Phi) is 4.43. The monoisotopic (exact) mass is 286 g/mol. The minimum absolute atomic E-state index is 0.0120. The molecule has 6 nitrogen and oxygen atoms in total. The molecule has 0 unspecified atom stereocenters. The standard InChI is InChI=1S/C10H14N4O2S2/c15-14(16)8-6-11-10(18-8)13-9(17)12-7-4-2-1-3-5-7/h6-7H,1-5H2,(H2,11,12,13,17). The van der Waals surface area contributed by atoms with Crippen molar-refractivity contribution in [3.8, 4) is 0 Å². The second kappa shape index (κ2) is 6.05. The molecule has 1 aliphatic rings. The van der Waals surface area contributed by atoms with E-state index in [0.717, 1.165) is 24.2 Å². The minimum Gasteiger partial charge on any atom is -0.360 e. The van der Waals surface area contributed by atoms with Crippen LogP contribution in [0.25, 0.3) is 0 Å². The first-order valence-corrected chi connectivity index (χ1v) is 7.05. The molecule has 1 aromatic rings. The zero-order valence-corrected chi connectivity index (χ0v) is 11.4. The van der Waals surface area contributed by atoms with Crippen molar-refractivity contribution in [2.75, 3.05) is 5.32 Å². The molecule has 1 saturated carbocycles. The molecule has 2 rings (SSSR count). The molecule has 0 atom stereocenters. The molecule has 98 valence electrons. The summed E-state index contributed by atoms with van der Waals surface area (Å²) in [6.45, 7) is 0. The number of anilines is 1. The van der Waals surface area contributed by atoms with Crippen molar-refractivity contribution in [1.82, 2.24) is 10.3 Å². The summed E-state index contributed by atoms with van der Waals surface area (Å²) in [5.74, 6) is 0. The molecule has 0 bridgehead atoms. The Labute approximate surface area is 114 Å². The number of nitrogens with one attached hydrogen (secondary N) is 2. The van der Waals surface area contributed by atoms with Crippen molar-refractivity contribution in [2.24, 2.45) is 0 Å². The Morgan fingerprint density at radius 1 is 1.50 bits per heavy atom. The third kappa shape index (κ3) is 3.61. The van der Waals surface area contributed by atoms with Gasteiger partial charge in [-0.25, -0.2) is 4.98 Å². The highest BCUT2D eigenvalue weighted by atomic mass is 32.1. The summed E-state index contributed by atoms with van der Waals surface area (Å²) in [6, 6.07) is 0.411. The van der Waals surface area contributed by atoms with Crippen LogP contribution in [0.4, 0.5) is 10.1 Å². The topological polar surface area (TPSA) is 80.1 Å². The largest absolute Gasteiger partial charge is 0.360 e. The normalized spacial score (nSPS) is 16.2. The second-order valence-corrected chi connectivity index (χ2v) is 5.61. The number of thiocarbonyl (C=S) groups is 1. The van der Waals surface area contributed by atoms with Gasteiger partial charge in [-0.2, -0.15) is 0 Å². The van der Waals surface area contributed by atoms with E-state index in [1.54, 1.807) is 0 Å². The molecule has 0 aromatic carbocycles. The molecule has 1 aromatic heterocycles. The molecular formula is C10H14N4O2S2. The van der Waals surface area contributed by atoms with Gasteiger partial charge in [0.15, 0.2) is 10.2 Å². The van der Waals surface area contributed by atoms with Gasteiger partial charge in [-0.1, -0.05) is 19.3 Å². The summed E-state index contributed by atoms with van der Waals surface area (Å²) < 4.78 is 0. The van der Waals surface area contributed by atoms with Gasteiger partial charge < -0.3 is 10.6 Å². The molecular weight excluding hydrogens is 272 g/mol. The predicted molar refractivity (Wildman–Crippen MR) is 75.0 cm³/mol. The number of nitro groups is 1. The highest BCUT2D eigenvalue weighted by Crippen LogP contribution is 2.25. The van der Waals surface area contributed by atoms with E-state index in [9.17, 15) is 10.1 Å². The van der Waals surface area contributed by atoms with Gasteiger partial charge >= 0.3 is 5.00 Å². The summed E-state index contributed by atoms with van der Waals surface area (Å²) in [7, 11) is 0. The first kappa shape index (κ1) is 13.2. The lowest BCUT2D eigenvalue weighted by atomic mass is 9.96. The zero-order chi connectivity index (χ0) is 13.0. The summed E-state index contributed by atoms with van der Waals surface area (Å²) >= 11 is 6.15. The van der Waals surface area contributed by atoms with Gasteiger partial charge in [0.2, 0.25) is 0 Å². The summed E-state index contributed by atoms with van der Waals surface area (Å²) in [5.41, 5.74) is 0. The quantitative estimate of drug-likeness (QED) is 0.505. The Bertz CT molecular complexity index is 443. The molecule has 1 aliphatic carbocycles. The Morgan fingerprint density at radius 3 is 2.83 bits per heavy atom. The maximum absolute atomic E-state index is 10.5. The molecule has 1 heterocycles. The Hall–Kier alpha value is -1.28. The Balaban J connectivity index is 1.84. The summed E-state index contributed by atoms with van der Waals surface area (Å²) in [5, 5.41) is 17.6. The van der Waals surface area contributed by atoms with E-state index >= 15 is 0 Å². The van der Waals surface area contributed by atoms with Crippen LogP contribution >= 0.6 is 23.6 Å². The molecule has 0 aliphatic heterocycles. The molecule has 18 heavy (non-hydrogen) atoms. The number of nitrogens with zero attached hydrogens (tertiary/aromatic N) is 2. The fourth-order valence-corrected chi connectivity index (χ4v) is 2.94. The lowest BCUT2D eigenvalue weighted by Crippen LogP contribution is -2.38. The van der Waals surface area contributed by atoms with Crippen LogP contribution in [0.3, 0.4) is 0 Å². The van der Waals surface area contributed by atoms with E-state index in [2.05, 4.69) is 15.6 Å². The summed E-state index contributed by atoms with van der Waals surface area (Å²) in [4.78, 5) is 14.0. The van der Waals surface area contributed by atoms with Crippen LogP contribution in [0.5, 0.6) is 0 Å². The van der Waals surface area contributed by atoms with Crippen molar-refractivity contribution >= 4 is 38.8 Å². The van der Waals surface area contributed by atoms with E-state index in [4.69, 9.17) is 12.2 Å². The van der Waals surface area contributed by atoms with Crippen LogP contribution in [0.1, 0.15) is 32.1 Å². The third-order valence-corrected chi connectivity index (χ3v) is 3.92. The molecule has 0 saturated heterocycles. The van der Waals surface area contributed by atoms with Gasteiger partial charge in [0.25, 0.3) is 0 Å². The van der Waals surface area contributed by atoms with Crippen molar-refractivity contribution in [2.45, 2.75) is 38.1 Å². The van der Waals surface area contributed by atoms with Crippen LogP contribution in [0.15, 0.2) is 6.20 Å². The average Bonchev–Trinajstić information content (AvgIpc) is 2.78. The number of hydrogen-bond acceptors (Lipinski definition) is 5. The SMILES string of the molecule is O=[N+]([O-])c1cnc(NC(=S)NC2CCCCC2)s1. The number of rotatable bonds is 3. The average molecular weight is 286 g/mol. The summed E-state index contributed by atoms with van der Waals surface area (Å²) in [6.07, 6.45) is 7.22. The fraction of sp³-hybridized carbons (Fsp3) is 0.600. The van der Waals surface area contributed by atoms with E-state index in [-0.39, 0.29) is 5.00 Å². The van der Waals surface area contributed by atoms with Crippen molar-refractivity contribution in [3.05, 3.63) is 16.3 Å². The van der Waals surface area contributed by atoms with Gasteiger partial charge in [0, 0.05) is 6.04 Å². The second-order valence-electron chi connectivity index (χ2n) is 4.19. The molecule has 1 fully saturated rings. The molecule has 8 heteroatoms. The van der Waals surface area contributed by atoms with Gasteiger partial charge in [-0.15, -0.1) is 0 Å². The molecule has 0 spiro atoms. The van der Waals surface area contributed by atoms with Gasteiger partial charge in [0.1, 0.15) is 6.20 Å². The molecule has 0 amide bonds. The maximum atomic E-state index is 10.5. The maximum Gasteiger partial charge on any atom is 0.345 e. The van der Waals surface area contributed by atoms with E-state index in [1.807, 2.05) is 0 Å². The van der Waals surface area contributed by atoms with Gasteiger partial charge in [0.05, 0.1) is 4.92 Å². The lowest BCUT2D eigenvalue weighted by Gasteiger charge is -2.23. The highest BCUT2D eigenvalue weighted by Gasteiger charge is 2.16.